The van der Waals surface area contributed by atoms with Crippen molar-refractivity contribution in [2.75, 3.05) is 18.1 Å². The Morgan fingerprint density at radius 1 is 1.47 bits per heavy atom. The summed E-state index contributed by atoms with van der Waals surface area (Å²) < 4.78 is 4.98. The fourth-order valence-electron chi connectivity index (χ4n) is 1.75. The summed E-state index contributed by atoms with van der Waals surface area (Å²) >= 11 is 1.52. The smallest absolute Gasteiger partial charge is 0.357 e. The zero-order chi connectivity index (χ0) is 14.3. The highest BCUT2D eigenvalue weighted by Crippen LogP contribution is 2.24. The Bertz CT molecular complexity index is 393. The van der Waals surface area contributed by atoms with Crippen molar-refractivity contribution in [2.45, 2.75) is 53.0 Å². The van der Waals surface area contributed by atoms with Crippen LogP contribution >= 0.6 is 11.3 Å². The number of rotatable bonds is 8. The summed E-state index contributed by atoms with van der Waals surface area (Å²) in [6, 6.07) is 0.438. The zero-order valence-corrected chi connectivity index (χ0v) is 13.1. The topological polar surface area (TPSA) is 42.4 Å². The van der Waals surface area contributed by atoms with E-state index in [1.165, 1.54) is 11.3 Å². The first-order valence-electron chi connectivity index (χ1n) is 7.03. The quantitative estimate of drug-likeness (QED) is 0.682. The number of nitrogens with zero attached hydrogens (tertiary/aromatic N) is 2. The van der Waals surface area contributed by atoms with Crippen LogP contribution in [0, 0.1) is 0 Å². The van der Waals surface area contributed by atoms with E-state index in [2.05, 4.69) is 30.7 Å². The minimum atomic E-state index is -0.329. The second-order valence-electron chi connectivity index (χ2n) is 4.54. The normalized spacial score (nSPS) is 12.2. The second-order valence-corrected chi connectivity index (χ2v) is 5.38. The SMILES string of the molecule is CCCCN(c1nc(C(=O)OCC)cs1)C(C)CC. The van der Waals surface area contributed by atoms with Crippen LogP contribution in [0.2, 0.25) is 0 Å². The minimum absolute atomic E-state index is 0.329. The molecule has 1 rings (SSSR count). The average molecular weight is 284 g/mol. The van der Waals surface area contributed by atoms with E-state index in [4.69, 9.17) is 4.74 Å². The lowest BCUT2D eigenvalue weighted by Crippen LogP contribution is -2.33. The van der Waals surface area contributed by atoms with E-state index in [1.807, 2.05) is 0 Å². The maximum Gasteiger partial charge on any atom is 0.357 e. The summed E-state index contributed by atoms with van der Waals surface area (Å²) in [4.78, 5) is 18.3. The van der Waals surface area contributed by atoms with Crippen molar-refractivity contribution in [1.82, 2.24) is 4.98 Å². The van der Waals surface area contributed by atoms with E-state index in [0.717, 1.165) is 30.9 Å². The number of unbranched alkanes of at least 4 members (excludes halogenated alkanes) is 1. The van der Waals surface area contributed by atoms with E-state index >= 15 is 0 Å². The van der Waals surface area contributed by atoms with Crippen LogP contribution in [0.4, 0.5) is 5.13 Å². The molecule has 1 heterocycles. The molecule has 0 N–H and O–H groups in total. The van der Waals surface area contributed by atoms with Crippen LogP contribution in [0.25, 0.3) is 0 Å². The average Bonchev–Trinajstić information content (AvgIpc) is 2.88. The van der Waals surface area contributed by atoms with Gasteiger partial charge in [-0.2, -0.15) is 0 Å². The molecule has 0 bridgehead atoms. The van der Waals surface area contributed by atoms with Crippen molar-refractivity contribution in [2.24, 2.45) is 0 Å². The molecule has 1 aromatic heterocycles. The summed E-state index contributed by atoms with van der Waals surface area (Å²) in [5.41, 5.74) is 0.423. The molecule has 1 atom stereocenters. The number of aromatic nitrogens is 1. The standard InChI is InChI=1S/C14H24N2O2S/c1-5-8-9-16(11(4)6-2)14-15-12(10-19-14)13(17)18-7-3/h10-11H,5-9H2,1-4H3. The molecule has 0 aliphatic carbocycles. The Kier molecular flexibility index (Phi) is 6.84. The fraction of sp³-hybridized carbons (Fsp3) is 0.714. The molecule has 0 fully saturated rings. The molecular formula is C14H24N2O2S. The highest BCUT2D eigenvalue weighted by molar-refractivity contribution is 7.13. The number of anilines is 1. The fourth-order valence-corrected chi connectivity index (χ4v) is 2.67. The molecule has 5 heteroatoms. The van der Waals surface area contributed by atoms with Gasteiger partial charge in [0.05, 0.1) is 6.61 Å². The van der Waals surface area contributed by atoms with Gasteiger partial charge in [-0.15, -0.1) is 11.3 Å². The molecule has 0 radical (unpaired) electrons. The summed E-state index contributed by atoms with van der Waals surface area (Å²) in [5, 5.41) is 2.71. The van der Waals surface area contributed by atoms with Gasteiger partial charge < -0.3 is 9.64 Å². The van der Waals surface area contributed by atoms with Gasteiger partial charge in [0.15, 0.2) is 10.8 Å². The Hall–Kier alpha value is -1.10. The molecule has 0 aliphatic heterocycles. The predicted molar refractivity (Wildman–Crippen MR) is 80.1 cm³/mol. The second kappa shape index (κ2) is 8.15. The first-order valence-corrected chi connectivity index (χ1v) is 7.91. The monoisotopic (exact) mass is 284 g/mol. The Morgan fingerprint density at radius 3 is 2.79 bits per heavy atom. The lowest BCUT2D eigenvalue weighted by Gasteiger charge is -2.27. The van der Waals surface area contributed by atoms with Crippen LogP contribution in [-0.2, 0) is 4.74 Å². The molecule has 1 aromatic rings. The number of hydrogen-bond acceptors (Lipinski definition) is 5. The van der Waals surface area contributed by atoms with Gasteiger partial charge >= 0.3 is 5.97 Å². The van der Waals surface area contributed by atoms with Crippen LogP contribution in [0.3, 0.4) is 0 Å². The molecule has 0 aromatic carbocycles. The number of carbonyl (C=O) groups is 1. The number of esters is 1. The maximum absolute atomic E-state index is 11.6. The van der Waals surface area contributed by atoms with Gasteiger partial charge in [0.25, 0.3) is 0 Å². The highest BCUT2D eigenvalue weighted by atomic mass is 32.1. The van der Waals surface area contributed by atoms with E-state index in [1.54, 1.807) is 12.3 Å². The van der Waals surface area contributed by atoms with Crippen molar-refractivity contribution in [3.8, 4) is 0 Å². The molecule has 1 unspecified atom stereocenters. The zero-order valence-electron chi connectivity index (χ0n) is 12.3. The number of carbonyl (C=O) groups excluding carboxylic acids is 1. The van der Waals surface area contributed by atoms with Crippen molar-refractivity contribution in [3.63, 3.8) is 0 Å². The molecule has 19 heavy (non-hydrogen) atoms. The van der Waals surface area contributed by atoms with E-state index in [9.17, 15) is 4.79 Å². The Balaban J connectivity index is 2.81. The molecule has 0 saturated heterocycles. The summed E-state index contributed by atoms with van der Waals surface area (Å²) in [7, 11) is 0. The molecule has 0 amide bonds. The van der Waals surface area contributed by atoms with E-state index in [0.29, 0.717) is 18.3 Å². The third-order valence-corrected chi connectivity index (χ3v) is 3.98. The summed E-state index contributed by atoms with van der Waals surface area (Å²) in [5.74, 6) is -0.329. The van der Waals surface area contributed by atoms with Gasteiger partial charge in [0.1, 0.15) is 0 Å². The van der Waals surface area contributed by atoms with Crippen LogP contribution in [0.1, 0.15) is 57.4 Å². The minimum Gasteiger partial charge on any atom is -0.461 e. The highest BCUT2D eigenvalue weighted by Gasteiger charge is 2.18. The van der Waals surface area contributed by atoms with E-state index in [-0.39, 0.29) is 5.97 Å². The van der Waals surface area contributed by atoms with Crippen molar-refractivity contribution in [3.05, 3.63) is 11.1 Å². The van der Waals surface area contributed by atoms with Gasteiger partial charge in [0.2, 0.25) is 0 Å². The third kappa shape index (κ3) is 4.49. The van der Waals surface area contributed by atoms with Gasteiger partial charge in [-0.3, -0.25) is 0 Å². The number of thiazole rings is 1. The lowest BCUT2D eigenvalue weighted by atomic mass is 10.2. The van der Waals surface area contributed by atoms with Gasteiger partial charge in [-0.25, -0.2) is 9.78 Å². The first-order chi connectivity index (χ1) is 9.13. The largest absolute Gasteiger partial charge is 0.461 e. The van der Waals surface area contributed by atoms with Gasteiger partial charge in [-0.05, 0) is 26.7 Å². The molecule has 0 saturated carbocycles. The number of hydrogen-bond donors (Lipinski definition) is 0. The molecule has 0 aliphatic rings. The van der Waals surface area contributed by atoms with Crippen molar-refractivity contribution < 1.29 is 9.53 Å². The van der Waals surface area contributed by atoms with Gasteiger partial charge in [0, 0.05) is 18.0 Å². The summed E-state index contributed by atoms with van der Waals surface area (Å²) in [6.45, 7) is 9.72. The van der Waals surface area contributed by atoms with Crippen LogP contribution in [0.5, 0.6) is 0 Å². The van der Waals surface area contributed by atoms with Gasteiger partial charge in [-0.1, -0.05) is 20.3 Å². The van der Waals surface area contributed by atoms with Crippen molar-refractivity contribution >= 4 is 22.4 Å². The lowest BCUT2D eigenvalue weighted by molar-refractivity contribution is 0.0520. The molecular weight excluding hydrogens is 260 g/mol. The molecule has 108 valence electrons. The summed E-state index contributed by atoms with van der Waals surface area (Å²) in [6.07, 6.45) is 3.36. The van der Waals surface area contributed by atoms with E-state index < -0.39 is 0 Å². The third-order valence-electron chi connectivity index (χ3n) is 3.10. The Morgan fingerprint density at radius 2 is 2.21 bits per heavy atom. The first kappa shape index (κ1) is 16.0. The van der Waals surface area contributed by atoms with Crippen LogP contribution in [0.15, 0.2) is 5.38 Å². The van der Waals surface area contributed by atoms with Crippen LogP contribution < -0.4 is 4.90 Å². The van der Waals surface area contributed by atoms with Crippen molar-refractivity contribution in [1.29, 1.82) is 0 Å². The molecule has 4 nitrogen and oxygen atoms in total. The predicted octanol–water partition coefficient (Wildman–Crippen LogP) is 3.72. The van der Waals surface area contributed by atoms with Crippen LogP contribution in [-0.4, -0.2) is 30.1 Å². The Labute approximate surface area is 119 Å². The molecule has 0 spiro atoms. The maximum atomic E-state index is 11.6. The number of ether oxygens (including phenoxy) is 1.